The maximum absolute atomic E-state index is 13.4. The molecule has 0 bridgehead atoms. The van der Waals surface area contributed by atoms with Crippen LogP contribution in [-0.4, -0.2) is 24.2 Å². The van der Waals surface area contributed by atoms with E-state index in [0.717, 1.165) is 19.5 Å². The normalized spacial score (nSPS) is 19.2. The van der Waals surface area contributed by atoms with Crippen molar-refractivity contribution in [2.75, 3.05) is 23.7 Å². The van der Waals surface area contributed by atoms with Crippen LogP contribution in [-0.2, 0) is 0 Å². The van der Waals surface area contributed by atoms with Crippen LogP contribution in [0.4, 0.5) is 15.8 Å². The summed E-state index contributed by atoms with van der Waals surface area (Å²) in [6.07, 6.45) is 1.02. The molecule has 19 heavy (non-hydrogen) atoms. The summed E-state index contributed by atoms with van der Waals surface area (Å²) in [5.41, 5.74) is 5.69. The van der Waals surface area contributed by atoms with Gasteiger partial charge in [0.05, 0.1) is 11.4 Å². The first-order valence-corrected chi connectivity index (χ1v) is 6.48. The summed E-state index contributed by atoms with van der Waals surface area (Å²) >= 11 is 0. The second kappa shape index (κ2) is 5.07. The van der Waals surface area contributed by atoms with Gasteiger partial charge in [0, 0.05) is 13.1 Å². The minimum absolute atomic E-state index is 0.121. The van der Waals surface area contributed by atoms with Crippen molar-refractivity contribution in [2.24, 2.45) is 11.8 Å². The zero-order valence-corrected chi connectivity index (χ0v) is 11.2. The highest BCUT2D eigenvalue weighted by Gasteiger charge is 2.29. The molecule has 0 aliphatic carbocycles. The molecule has 0 spiro atoms. The maximum Gasteiger partial charge on any atom is 0.340 e. The lowest BCUT2D eigenvalue weighted by molar-refractivity contribution is 0.0698. The highest BCUT2D eigenvalue weighted by Crippen LogP contribution is 2.33. The molecule has 104 valence electrons. The van der Waals surface area contributed by atoms with E-state index in [4.69, 9.17) is 5.73 Å². The Balaban J connectivity index is 2.36. The molecular formula is C14H19FN2O2. The number of benzene rings is 1. The topological polar surface area (TPSA) is 66.6 Å². The van der Waals surface area contributed by atoms with Gasteiger partial charge < -0.3 is 15.7 Å². The van der Waals surface area contributed by atoms with E-state index in [1.807, 2.05) is 4.90 Å². The first kappa shape index (κ1) is 13.6. The van der Waals surface area contributed by atoms with Crippen LogP contribution in [0.2, 0.25) is 0 Å². The third-order valence-corrected chi connectivity index (χ3v) is 3.89. The number of aromatic carboxylic acids is 1. The molecule has 1 aliphatic heterocycles. The van der Waals surface area contributed by atoms with Crippen molar-refractivity contribution in [3.8, 4) is 0 Å². The molecule has 1 aromatic carbocycles. The predicted octanol–water partition coefficient (Wildman–Crippen LogP) is 2.59. The minimum Gasteiger partial charge on any atom is -0.478 e. The minimum atomic E-state index is -1.18. The van der Waals surface area contributed by atoms with E-state index in [2.05, 4.69) is 13.8 Å². The Hall–Kier alpha value is -1.78. The molecule has 4 nitrogen and oxygen atoms in total. The third kappa shape index (κ3) is 2.50. The number of rotatable bonds is 3. The summed E-state index contributed by atoms with van der Waals surface area (Å²) in [5, 5.41) is 9.23. The molecule has 1 unspecified atom stereocenters. The molecule has 0 aromatic heterocycles. The number of hydrogen-bond acceptors (Lipinski definition) is 3. The Morgan fingerprint density at radius 3 is 2.74 bits per heavy atom. The van der Waals surface area contributed by atoms with Crippen molar-refractivity contribution < 1.29 is 14.3 Å². The average Bonchev–Trinajstić information content (AvgIpc) is 2.81. The smallest absolute Gasteiger partial charge is 0.340 e. The van der Waals surface area contributed by atoms with Crippen LogP contribution >= 0.6 is 0 Å². The van der Waals surface area contributed by atoms with E-state index in [0.29, 0.717) is 17.5 Å². The number of nitrogen functional groups attached to an aromatic ring is 1. The van der Waals surface area contributed by atoms with Crippen LogP contribution in [0.3, 0.4) is 0 Å². The highest BCUT2D eigenvalue weighted by molar-refractivity contribution is 6.00. The number of carboxylic acids is 1. The van der Waals surface area contributed by atoms with E-state index in [1.54, 1.807) is 0 Å². The zero-order valence-electron chi connectivity index (χ0n) is 11.2. The molecule has 1 fully saturated rings. The van der Waals surface area contributed by atoms with Gasteiger partial charge in [0.25, 0.3) is 0 Å². The Labute approximate surface area is 112 Å². The van der Waals surface area contributed by atoms with Crippen molar-refractivity contribution in [3.05, 3.63) is 23.5 Å². The predicted molar refractivity (Wildman–Crippen MR) is 72.9 cm³/mol. The molecule has 1 atom stereocenters. The SMILES string of the molecule is CC(C)C1CCN(c2ccc(F)c(N)c2C(=O)O)C1. The molecule has 0 saturated carbocycles. The zero-order chi connectivity index (χ0) is 14.2. The van der Waals surface area contributed by atoms with E-state index >= 15 is 0 Å². The molecule has 0 amide bonds. The number of carbonyl (C=O) groups is 1. The van der Waals surface area contributed by atoms with Crippen molar-refractivity contribution >= 4 is 17.3 Å². The molecule has 1 heterocycles. The Kier molecular flexibility index (Phi) is 3.64. The van der Waals surface area contributed by atoms with Gasteiger partial charge in [-0.15, -0.1) is 0 Å². The van der Waals surface area contributed by atoms with Crippen LogP contribution < -0.4 is 10.6 Å². The monoisotopic (exact) mass is 266 g/mol. The average molecular weight is 266 g/mol. The lowest BCUT2D eigenvalue weighted by Gasteiger charge is -2.22. The van der Waals surface area contributed by atoms with Crippen LogP contribution in [0.5, 0.6) is 0 Å². The third-order valence-electron chi connectivity index (χ3n) is 3.89. The molecule has 3 N–H and O–H groups in total. The second-order valence-corrected chi connectivity index (χ2v) is 5.40. The Bertz CT molecular complexity index is 502. The number of halogens is 1. The van der Waals surface area contributed by atoms with Gasteiger partial charge in [0.2, 0.25) is 0 Å². The fraction of sp³-hybridized carbons (Fsp3) is 0.500. The van der Waals surface area contributed by atoms with Gasteiger partial charge >= 0.3 is 5.97 Å². The van der Waals surface area contributed by atoms with Gasteiger partial charge in [-0.05, 0) is 30.4 Å². The summed E-state index contributed by atoms with van der Waals surface area (Å²) in [6.45, 7) is 5.90. The van der Waals surface area contributed by atoms with Gasteiger partial charge in [0.15, 0.2) is 0 Å². The fourth-order valence-corrected chi connectivity index (χ4v) is 2.62. The van der Waals surface area contributed by atoms with Gasteiger partial charge in [-0.25, -0.2) is 9.18 Å². The first-order valence-electron chi connectivity index (χ1n) is 6.48. The highest BCUT2D eigenvalue weighted by atomic mass is 19.1. The summed E-state index contributed by atoms with van der Waals surface area (Å²) in [4.78, 5) is 13.3. The summed E-state index contributed by atoms with van der Waals surface area (Å²) in [6, 6.07) is 2.75. The molecule has 1 aliphatic rings. The van der Waals surface area contributed by atoms with E-state index in [-0.39, 0.29) is 11.3 Å². The number of carboxylic acid groups (broad SMARTS) is 1. The van der Waals surface area contributed by atoms with Gasteiger partial charge in [-0.1, -0.05) is 13.8 Å². The lowest BCUT2D eigenvalue weighted by atomic mass is 9.95. The van der Waals surface area contributed by atoms with Crippen LogP contribution in [0.15, 0.2) is 12.1 Å². The van der Waals surface area contributed by atoms with Gasteiger partial charge in [-0.2, -0.15) is 0 Å². The number of anilines is 2. The molecular weight excluding hydrogens is 247 g/mol. The second-order valence-electron chi connectivity index (χ2n) is 5.40. The van der Waals surface area contributed by atoms with E-state index < -0.39 is 11.8 Å². The number of nitrogens with two attached hydrogens (primary N) is 1. The van der Waals surface area contributed by atoms with Crippen LogP contribution in [0.1, 0.15) is 30.6 Å². The van der Waals surface area contributed by atoms with E-state index in [1.165, 1.54) is 12.1 Å². The Morgan fingerprint density at radius 1 is 1.53 bits per heavy atom. The first-order chi connectivity index (χ1) is 8.91. The quantitative estimate of drug-likeness (QED) is 0.825. The number of hydrogen-bond donors (Lipinski definition) is 2. The van der Waals surface area contributed by atoms with Crippen molar-refractivity contribution in [1.82, 2.24) is 0 Å². The van der Waals surface area contributed by atoms with Crippen LogP contribution in [0.25, 0.3) is 0 Å². The lowest BCUT2D eigenvalue weighted by Crippen LogP contribution is -2.24. The van der Waals surface area contributed by atoms with Crippen molar-refractivity contribution in [3.63, 3.8) is 0 Å². The van der Waals surface area contributed by atoms with Gasteiger partial charge in [0.1, 0.15) is 11.4 Å². The Morgan fingerprint density at radius 2 is 2.21 bits per heavy atom. The van der Waals surface area contributed by atoms with Crippen molar-refractivity contribution in [2.45, 2.75) is 20.3 Å². The standard InChI is InChI=1S/C14H19FN2O2/c1-8(2)9-5-6-17(7-9)11-4-3-10(15)13(16)12(11)14(18)19/h3-4,8-9H,5-7,16H2,1-2H3,(H,18,19). The maximum atomic E-state index is 13.4. The summed E-state index contributed by atoms with van der Waals surface area (Å²) in [7, 11) is 0. The fourth-order valence-electron chi connectivity index (χ4n) is 2.62. The molecule has 5 heteroatoms. The van der Waals surface area contributed by atoms with Crippen LogP contribution in [0, 0.1) is 17.7 Å². The largest absolute Gasteiger partial charge is 0.478 e. The van der Waals surface area contributed by atoms with Gasteiger partial charge in [-0.3, -0.25) is 0 Å². The molecule has 1 aromatic rings. The number of nitrogens with zero attached hydrogens (tertiary/aromatic N) is 1. The summed E-state index contributed by atoms with van der Waals surface area (Å²) in [5.74, 6) is -0.773. The van der Waals surface area contributed by atoms with E-state index in [9.17, 15) is 14.3 Å². The molecule has 1 saturated heterocycles. The summed E-state index contributed by atoms with van der Waals surface area (Å²) < 4.78 is 13.4. The molecule has 0 radical (unpaired) electrons. The van der Waals surface area contributed by atoms with Crippen molar-refractivity contribution in [1.29, 1.82) is 0 Å². The molecule has 2 rings (SSSR count).